The number of hydrogen-bond acceptors (Lipinski definition) is 4. The molecule has 2 unspecified atom stereocenters. The summed E-state index contributed by atoms with van der Waals surface area (Å²) in [6.45, 7) is 22.9. The van der Waals surface area contributed by atoms with E-state index in [0.717, 1.165) is 43.9 Å². The molecule has 1 aliphatic heterocycles. The highest BCUT2D eigenvalue weighted by Gasteiger charge is 2.62. The Balaban J connectivity index is 0.00000235. The van der Waals surface area contributed by atoms with Crippen LogP contribution in [0.25, 0.3) is 0 Å². The maximum absolute atomic E-state index is 7.01. The second-order valence-corrected chi connectivity index (χ2v) is 12.1. The number of unbranched alkanes of at least 4 members (excludes halogenated alkanes) is 1. The summed E-state index contributed by atoms with van der Waals surface area (Å²) < 4.78 is 19.5. The summed E-state index contributed by atoms with van der Waals surface area (Å²) in [5.41, 5.74) is 2.83. The van der Waals surface area contributed by atoms with Crippen LogP contribution in [-0.2, 0) is 16.6 Å². The summed E-state index contributed by atoms with van der Waals surface area (Å²) in [5.74, 6) is 3.62. The minimum atomic E-state index is -0.102. The molecule has 2 aliphatic rings. The Morgan fingerprint density at radius 3 is 2.43 bits per heavy atom. The molecule has 214 valence electrons. The predicted molar refractivity (Wildman–Crippen MR) is 159 cm³/mol. The zero-order chi connectivity index (χ0) is 27.8. The molecule has 1 aliphatic carbocycles. The van der Waals surface area contributed by atoms with E-state index >= 15 is 0 Å². The summed E-state index contributed by atoms with van der Waals surface area (Å²) >= 11 is 5.99. The van der Waals surface area contributed by atoms with Gasteiger partial charge in [0.2, 0.25) is 0 Å². The summed E-state index contributed by atoms with van der Waals surface area (Å²) in [4.78, 5) is 0. The van der Waals surface area contributed by atoms with Gasteiger partial charge in [-0.15, -0.1) is 11.6 Å². The number of hydrogen-bond donors (Lipinski definition) is 1. The average molecular weight is 538 g/mol. The van der Waals surface area contributed by atoms with Crippen molar-refractivity contribution in [2.24, 2.45) is 23.2 Å². The molecule has 5 heteroatoms. The normalized spacial score (nSPS) is 27.4. The molecule has 3 rings (SSSR count). The van der Waals surface area contributed by atoms with Crippen molar-refractivity contribution in [3.05, 3.63) is 23.3 Å². The van der Waals surface area contributed by atoms with Crippen LogP contribution in [-0.4, -0.2) is 44.9 Å². The van der Waals surface area contributed by atoms with Crippen LogP contribution in [0, 0.1) is 23.2 Å². The number of fused-ring (bicyclic) bond motifs is 3. The Hall–Kier alpha value is -0.970. The van der Waals surface area contributed by atoms with Gasteiger partial charge in [0.05, 0.1) is 12.0 Å². The van der Waals surface area contributed by atoms with E-state index in [4.69, 9.17) is 25.8 Å². The van der Waals surface area contributed by atoms with Gasteiger partial charge in [-0.05, 0) is 73.6 Å². The Morgan fingerprint density at radius 1 is 1.19 bits per heavy atom. The van der Waals surface area contributed by atoms with Gasteiger partial charge in [0.1, 0.15) is 12.7 Å². The van der Waals surface area contributed by atoms with Crippen LogP contribution in [0.4, 0.5) is 0 Å². The van der Waals surface area contributed by atoms with Gasteiger partial charge in [0.25, 0.3) is 0 Å². The molecule has 0 aromatic heterocycles. The third-order valence-corrected chi connectivity index (χ3v) is 9.26. The minimum Gasteiger partial charge on any atom is -0.488 e. The topological polar surface area (TPSA) is 39.7 Å². The van der Waals surface area contributed by atoms with Crippen molar-refractivity contribution in [3.8, 4) is 11.5 Å². The summed E-state index contributed by atoms with van der Waals surface area (Å²) in [6, 6.07) is 4.33. The molecule has 1 aromatic rings. The highest BCUT2D eigenvalue weighted by Crippen LogP contribution is 2.61. The van der Waals surface area contributed by atoms with Gasteiger partial charge < -0.3 is 19.5 Å². The quantitative estimate of drug-likeness (QED) is 0.216. The van der Waals surface area contributed by atoms with Gasteiger partial charge in [0, 0.05) is 18.1 Å². The number of nitrogens with one attached hydrogen (secondary N) is 1. The van der Waals surface area contributed by atoms with Crippen molar-refractivity contribution in [3.63, 3.8) is 0 Å². The largest absolute Gasteiger partial charge is 0.488 e. The minimum absolute atomic E-state index is 0.0277. The molecule has 0 bridgehead atoms. The SMILES string of the molecule is CC.CCCCNCC1C[C@H]([C@@H](C)C(C)(C)C)C(OC)[C@@H]2Oc3c(OCCCl)ccc(CC)c3[C@]12CC. The molecule has 6 atom stereocenters. The molecule has 1 fully saturated rings. The van der Waals surface area contributed by atoms with E-state index in [-0.39, 0.29) is 23.0 Å². The molecule has 1 heterocycles. The van der Waals surface area contributed by atoms with Crippen molar-refractivity contribution in [2.45, 2.75) is 112 Å². The van der Waals surface area contributed by atoms with Crippen LogP contribution in [0.15, 0.2) is 12.1 Å². The molecule has 37 heavy (non-hydrogen) atoms. The molecule has 1 N–H and O–H groups in total. The lowest BCUT2D eigenvalue weighted by atomic mass is 9.53. The number of alkyl halides is 1. The average Bonchev–Trinajstić information content (AvgIpc) is 3.26. The fraction of sp³-hybridized carbons (Fsp3) is 0.812. The number of methoxy groups -OCH3 is 1. The van der Waals surface area contributed by atoms with E-state index in [2.05, 4.69) is 65.9 Å². The van der Waals surface area contributed by atoms with E-state index < -0.39 is 0 Å². The van der Waals surface area contributed by atoms with Crippen LogP contribution in [0.5, 0.6) is 11.5 Å². The molecular formula is C32H56ClNO3. The van der Waals surface area contributed by atoms with Gasteiger partial charge in [0.15, 0.2) is 11.5 Å². The molecule has 0 radical (unpaired) electrons. The first-order valence-corrected chi connectivity index (χ1v) is 15.5. The van der Waals surface area contributed by atoms with Crippen molar-refractivity contribution in [1.29, 1.82) is 0 Å². The monoisotopic (exact) mass is 537 g/mol. The Morgan fingerprint density at radius 2 is 1.89 bits per heavy atom. The zero-order valence-corrected chi connectivity index (χ0v) is 26.3. The van der Waals surface area contributed by atoms with E-state index in [1.54, 1.807) is 0 Å². The van der Waals surface area contributed by atoms with Crippen molar-refractivity contribution in [2.75, 3.05) is 32.7 Å². The van der Waals surface area contributed by atoms with Crippen LogP contribution >= 0.6 is 11.6 Å². The third-order valence-electron chi connectivity index (χ3n) is 9.11. The van der Waals surface area contributed by atoms with Crippen LogP contribution in [0.2, 0.25) is 0 Å². The van der Waals surface area contributed by atoms with E-state index in [0.29, 0.717) is 30.2 Å². The fourth-order valence-electron chi connectivity index (χ4n) is 6.80. The lowest BCUT2D eigenvalue weighted by molar-refractivity contribution is -0.128. The Bertz CT molecular complexity index is 823. The molecule has 1 saturated carbocycles. The molecule has 0 spiro atoms. The third kappa shape index (κ3) is 6.44. The van der Waals surface area contributed by atoms with E-state index in [1.807, 2.05) is 21.0 Å². The number of ether oxygens (including phenoxy) is 3. The molecular weight excluding hydrogens is 482 g/mol. The first-order valence-electron chi connectivity index (χ1n) is 15.0. The number of rotatable bonds is 12. The number of halogens is 1. The zero-order valence-electron chi connectivity index (χ0n) is 25.5. The van der Waals surface area contributed by atoms with Gasteiger partial charge in [-0.2, -0.15) is 0 Å². The molecule has 0 saturated heterocycles. The summed E-state index contributed by atoms with van der Waals surface area (Å²) in [6.07, 6.45) is 5.57. The van der Waals surface area contributed by atoms with Gasteiger partial charge in [-0.3, -0.25) is 0 Å². The van der Waals surface area contributed by atoms with Gasteiger partial charge in [-0.25, -0.2) is 0 Å². The predicted octanol–water partition coefficient (Wildman–Crippen LogP) is 8.02. The van der Waals surface area contributed by atoms with Gasteiger partial charge >= 0.3 is 0 Å². The van der Waals surface area contributed by atoms with Crippen molar-refractivity contribution >= 4 is 11.6 Å². The maximum atomic E-state index is 7.01. The smallest absolute Gasteiger partial charge is 0.165 e. The molecule has 4 nitrogen and oxygen atoms in total. The summed E-state index contributed by atoms with van der Waals surface area (Å²) in [7, 11) is 1.88. The van der Waals surface area contributed by atoms with Crippen LogP contribution in [0.1, 0.15) is 99.1 Å². The first-order chi connectivity index (χ1) is 17.7. The Labute approximate surface area is 233 Å². The number of benzene rings is 1. The summed E-state index contributed by atoms with van der Waals surface area (Å²) in [5, 5.41) is 3.83. The molecule has 0 amide bonds. The second kappa shape index (κ2) is 14.4. The first kappa shape index (κ1) is 32.2. The highest BCUT2D eigenvalue weighted by atomic mass is 35.5. The van der Waals surface area contributed by atoms with Crippen molar-refractivity contribution < 1.29 is 14.2 Å². The standard InChI is InChI=1S/C30H50ClNO3.C2H6/c1-9-12-16-32-19-22-18-23(20(4)29(5,6)7)26(33-8)28-30(22,11-3)25-21(10-2)13-14-24(27(25)35-28)34-17-15-31;1-2/h13-14,20,22-23,26,28,32H,9-12,15-19H2,1-8H3;1-2H3/t20-,22?,23-,26?,28+,30+;/m1./s1. The lowest BCUT2D eigenvalue weighted by Gasteiger charge is -2.54. The van der Waals surface area contributed by atoms with Crippen molar-refractivity contribution in [1.82, 2.24) is 5.32 Å². The maximum Gasteiger partial charge on any atom is 0.165 e. The van der Waals surface area contributed by atoms with Crippen LogP contribution in [0.3, 0.4) is 0 Å². The second-order valence-electron chi connectivity index (χ2n) is 11.8. The highest BCUT2D eigenvalue weighted by molar-refractivity contribution is 6.18. The van der Waals surface area contributed by atoms with E-state index in [9.17, 15) is 0 Å². The van der Waals surface area contributed by atoms with E-state index in [1.165, 1.54) is 24.0 Å². The fourth-order valence-corrected chi connectivity index (χ4v) is 6.87. The van der Waals surface area contributed by atoms with Crippen LogP contribution < -0.4 is 14.8 Å². The lowest BCUT2D eigenvalue weighted by Crippen LogP contribution is -2.61. The number of aryl methyl sites for hydroxylation is 1. The molecule has 1 aromatic carbocycles. The Kier molecular flexibility index (Phi) is 12.6. The van der Waals surface area contributed by atoms with Gasteiger partial charge in [-0.1, -0.05) is 74.8 Å².